The summed E-state index contributed by atoms with van der Waals surface area (Å²) in [6.07, 6.45) is 0. The van der Waals surface area contributed by atoms with Crippen molar-refractivity contribution in [1.29, 1.82) is 0 Å². The lowest BCUT2D eigenvalue weighted by atomic mass is 10.2. The molecular formula is C19H21F3N2O3. The first-order chi connectivity index (χ1) is 12.9. The first-order valence-corrected chi connectivity index (χ1v) is 8.30. The minimum Gasteiger partial charge on any atom is -0.494 e. The van der Waals surface area contributed by atoms with Gasteiger partial charge < -0.3 is 14.8 Å². The van der Waals surface area contributed by atoms with Gasteiger partial charge >= 0.3 is 6.61 Å². The Morgan fingerprint density at radius 3 is 2.44 bits per heavy atom. The van der Waals surface area contributed by atoms with E-state index < -0.39 is 12.4 Å². The van der Waals surface area contributed by atoms with Crippen molar-refractivity contribution in [3.63, 3.8) is 0 Å². The molecule has 0 bridgehead atoms. The molecule has 0 aliphatic heterocycles. The highest BCUT2D eigenvalue weighted by Gasteiger charge is 2.12. The average Bonchev–Trinajstić information content (AvgIpc) is 2.62. The summed E-state index contributed by atoms with van der Waals surface area (Å²) in [5.74, 6) is -0.548. The van der Waals surface area contributed by atoms with Gasteiger partial charge in [-0.05, 0) is 48.5 Å². The first-order valence-electron chi connectivity index (χ1n) is 8.30. The molecule has 0 aromatic heterocycles. The topological polar surface area (TPSA) is 50.8 Å². The lowest BCUT2D eigenvalue weighted by Crippen LogP contribution is -2.32. The average molecular weight is 382 g/mol. The summed E-state index contributed by atoms with van der Waals surface area (Å²) in [4.78, 5) is 14.0. The zero-order chi connectivity index (χ0) is 19.8. The Balaban J connectivity index is 1.91. The van der Waals surface area contributed by atoms with E-state index in [9.17, 15) is 18.0 Å². The Morgan fingerprint density at radius 2 is 1.89 bits per heavy atom. The summed E-state index contributed by atoms with van der Waals surface area (Å²) in [5.41, 5.74) is 1.18. The van der Waals surface area contributed by atoms with Crippen molar-refractivity contribution in [2.45, 2.75) is 20.1 Å². The number of nitrogens with one attached hydrogen (secondary N) is 1. The molecule has 27 heavy (non-hydrogen) atoms. The largest absolute Gasteiger partial charge is 0.494 e. The van der Waals surface area contributed by atoms with Crippen LogP contribution in [0.2, 0.25) is 0 Å². The number of benzene rings is 2. The molecule has 0 heterocycles. The molecule has 1 amide bonds. The summed E-state index contributed by atoms with van der Waals surface area (Å²) in [7, 11) is 1.40. The van der Waals surface area contributed by atoms with Gasteiger partial charge in [-0.3, -0.25) is 9.69 Å². The van der Waals surface area contributed by atoms with Gasteiger partial charge in [0.05, 0.1) is 13.7 Å². The summed E-state index contributed by atoms with van der Waals surface area (Å²) in [6, 6.07) is 10.3. The molecule has 0 aliphatic carbocycles. The van der Waals surface area contributed by atoms with E-state index in [1.165, 1.54) is 37.4 Å². The van der Waals surface area contributed by atoms with Crippen LogP contribution in [0.1, 0.15) is 12.5 Å². The second-order valence-corrected chi connectivity index (χ2v) is 5.72. The predicted molar refractivity (Wildman–Crippen MR) is 95.6 cm³/mol. The van der Waals surface area contributed by atoms with E-state index in [1.54, 1.807) is 12.1 Å². The summed E-state index contributed by atoms with van der Waals surface area (Å²) in [5, 5.41) is 2.68. The van der Waals surface area contributed by atoms with E-state index in [0.29, 0.717) is 18.8 Å². The molecular weight excluding hydrogens is 361 g/mol. The van der Waals surface area contributed by atoms with Crippen molar-refractivity contribution in [1.82, 2.24) is 4.90 Å². The van der Waals surface area contributed by atoms with Crippen LogP contribution in [-0.2, 0) is 11.3 Å². The van der Waals surface area contributed by atoms with Crippen LogP contribution in [0.4, 0.5) is 18.9 Å². The highest BCUT2D eigenvalue weighted by atomic mass is 19.3. The maximum Gasteiger partial charge on any atom is 0.387 e. The fraction of sp³-hybridized carbons (Fsp3) is 0.316. The fourth-order valence-corrected chi connectivity index (χ4v) is 2.47. The van der Waals surface area contributed by atoms with Gasteiger partial charge in [0.25, 0.3) is 0 Å². The van der Waals surface area contributed by atoms with E-state index in [2.05, 4.69) is 10.1 Å². The lowest BCUT2D eigenvalue weighted by Gasteiger charge is -2.20. The molecule has 0 saturated heterocycles. The number of alkyl halides is 2. The van der Waals surface area contributed by atoms with Crippen molar-refractivity contribution in [2.24, 2.45) is 0 Å². The van der Waals surface area contributed by atoms with Gasteiger partial charge in [0.15, 0.2) is 11.6 Å². The van der Waals surface area contributed by atoms with Crippen LogP contribution < -0.4 is 14.8 Å². The minimum absolute atomic E-state index is 0.0136. The van der Waals surface area contributed by atoms with E-state index in [-0.39, 0.29) is 24.0 Å². The van der Waals surface area contributed by atoms with Crippen LogP contribution in [0.25, 0.3) is 0 Å². The molecule has 2 rings (SSSR count). The molecule has 8 heteroatoms. The van der Waals surface area contributed by atoms with Gasteiger partial charge in [0.2, 0.25) is 5.91 Å². The van der Waals surface area contributed by atoms with Crippen molar-refractivity contribution in [2.75, 3.05) is 25.5 Å². The molecule has 5 nitrogen and oxygen atoms in total. The Bertz CT molecular complexity index is 754. The number of hydrogen-bond donors (Lipinski definition) is 1. The molecule has 0 spiro atoms. The molecule has 2 aromatic rings. The number of nitrogens with zero attached hydrogens (tertiary/aromatic N) is 1. The third kappa shape index (κ3) is 6.49. The number of carbonyl (C=O) groups excluding carboxylic acids is 1. The minimum atomic E-state index is -2.90. The SMILES string of the molecule is CCN(CC(=O)Nc1ccc(OC(F)F)cc1)Cc1ccc(OC)c(F)c1. The van der Waals surface area contributed by atoms with Crippen molar-refractivity contribution >= 4 is 11.6 Å². The van der Waals surface area contributed by atoms with E-state index >= 15 is 0 Å². The Kier molecular flexibility index (Phi) is 7.48. The number of likely N-dealkylation sites (N-methyl/N-ethyl adjacent to an activating group) is 1. The van der Waals surface area contributed by atoms with Gasteiger partial charge in [-0.25, -0.2) is 4.39 Å². The van der Waals surface area contributed by atoms with Crippen molar-refractivity contribution in [3.8, 4) is 11.5 Å². The Labute approximate surface area is 155 Å². The van der Waals surface area contributed by atoms with Gasteiger partial charge in [0.1, 0.15) is 5.75 Å². The second-order valence-electron chi connectivity index (χ2n) is 5.72. The number of ether oxygens (including phenoxy) is 2. The normalized spacial score (nSPS) is 10.9. The predicted octanol–water partition coefficient (Wildman–Crippen LogP) is 3.90. The van der Waals surface area contributed by atoms with Crippen LogP contribution >= 0.6 is 0 Å². The molecule has 1 N–H and O–H groups in total. The van der Waals surface area contributed by atoms with Crippen LogP contribution in [0.15, 0.2) is 42.5 Å². The van der Waals surface area contributed by atoms with E-state index in [0.717, 1.165) is 5.56 Å². The number of carbonyl (C=O) groups is 1. The Hall–Kier alpha value is -2.74. The Morgan fingerprint density at radius 1 is 1.19 bits per heavy atom. The smallest absolute Gasteiger partial charge is 0.387 e. The van der Waals surface area contributed by atoms with Gasteiger partial charge in [-0.15, -0.1) is 0 Å². The number of rotatable bonds is 9. The molecule has 0 radical (unpaired) electrons. The third-order valence-corrected chi connectivity index (χ3v) is 3.80. The molecule has 0 saturated carbocycles. The molecule has 0 atom stereocenters. The fourth-order valence-electron chi connectivity index (χ4n) is 2.47. The van der Waals surface area contributed by atoms with Crippen molar-refractivity contribution in [3.05, 3.63) is 53.8 Å². The maximum atomic E-state index is 13.8. The monoisotopic (exact) mass is 382 g/mol. The van der Waals surface area contributed by atoms with E-state index in [1.807, 2.05) is 11.8 Å². The van der Waals surface area contributed by atoms with Crippen molar-refractivity contribution < 1.29 is 27.4 Å². The number of amides is 1. The quantitative estimate of drug-likeness (QED) is 0.715. The molecule has 0 fully saturated rings. The summed E-state index contributed by atoms with van der Waals surface area (Å²) < 4.78 is 47.2. The standard InChI is InChI=1S/C19H21F3N2O3/c1-3-24(11-13-4-9-17(26-2)16(20)10-13)12-18(25)23-14-5-7-15(8-6-14)27-19(21)22/h4-10,19H,3,11-12H2,1-2H3,(H,23,25). The molecule has 2 aromatic carbocycles. The van der Waals surface area contributed by atoms with Crippen LogP contribution in [0.3, 0.4) is 0 Å². The van der Waals surface area contributed by atoms with Crippen LogP contribution in [0.5, 0.6) is 11.5 Å². The zero-order valence-electron chi connectivity index (χ0n) is 15.0. The number of anilines is 1. The number of methoxy groups -OCH3 is 1. The molecule has 0 aliphatic rings. The van der Waals surface area contributed by atoms with Gasteiger partial charge in [-0.1, -0.05) is 13.0 Å². The second kappa shape index (κ2) is 9.82. The van der Waals surface area contributed by atoms with E-state index in [4.69, 9.17) is 4.74 Å². The summed E-state index contributed by atoms with van der Waals surface area (Å²) >= 11 is 0. The zero-order valence-corrected chi connectivity index (χ0v) is 15.0. The van der Waals surface area contributed by atoms with Gasteiger partial charge in [0, 0.05) is 12.2 Å². The third-order valence-electron chi connectivity index (χ3n) is 3.80. The lowest BCUT2D eigenvalue weighted by molar-refractivity contribution is -0.117. The maximum absolute atomic E-state index is 13.8. The molecule has 146 valence electrons. The number of halogens is 3. The van der Waals surface area contributed by atoms with Crippen LogP contribution in [-0.4, -0.2) is 37.6 Å². The van der Waals surface area contributed by atoms with Gasteiger partial charge in [-0.2, -0.15) is 8.78 Å². The number of hydrogen-bond acceptors (Lipinski definition) is 4. The van der Waals surface area contributed by atoms with Crippen LogP contribution in [0, 0.1) is 5.82 Å². The molecule has 0 unspecified atom stereocenters. The first kappa shape index (κ1) is 20.6. The summed E-state index contributed by atoms with van der Waals surface area (Å²) in [6.45, 7) is 0.0726. The highest BCUT2D eigenvalue weighted by molar-refractivity contribution is 5.92. The highest BCUT2D eigenvalue weighted by Crippen LogP contribution is 2.19.